The van der Waals surface area contributed by atoms with Crippen molar-refractivity contribution in [3.05, 3.63) is 11.3 Å². The van der Waals surface area contributed by atoms with Gasteiger partial charge in [-0.05, 0) is 31.6 Å². The van der Waals surface area contributed by atoms with Gasteiger partial charge in [-0.3, -0.25) is 5.10 Å². The standard InChI is InChI=1S/C12H22N4O2S/c1-8-3-4-10(5-8)7-14-19(17,18)12-11(6-13)9(2)15-16-12/h8,10,14H,3-7,13H2,1-2H3,(H,15,16). The molecule has 2 unspecified atom stereocenters. The van der Waals surface area contributed by atoms with Crippen LogP contribution in [0.25, 0.3) is 0 Å². The van der Waals surface area contributed by atoms with Crippen molar-refractivity contribution >= 4 is 10.0 Å². The first-order valence-corrected chi connectivity index (χ1v) is 8.16. The van der Waals surface area contributed by atoms with Gasteiger partial charge in [0.05, 0.1) is 0 Å². The van der Waals surface area contributed by atoms with Crippen LogP contribution in [0.4, 0.5) is 0 Å². The predicted molar refractivity (Wildman–Crippen MR) is 72.9 cm³/mol. The minimum atomic E-state index is -3.56. The number of nitrogens with one attached hydrogen (secondary N) is 2. The van der Waals surface area contributed by atoms with Gasteiger partial charge in [-0.2, -0.15) is 5.10 Å². The highest BCUT2D eigenvalue weighted by Crippen LogP contribution is 2.30. The number of aromatic amines is 1. The summed E-state index contributed by atoms with van der Waals surface area (Å²) >= 11 is 0. The topological polar surface area (TPSA) is 101 Å². The van der Waals surface area contributed by atoms with Gasteiger partial charge >= 0.3 is 0 Å². The van der Waals surface area contributed by atoms with Crippen LogP contribution in [0.1, 0.15) is 37.4 Å². The summed E-state index contributed by atoms with van der Waals surface area (Å²) in [4.78, 5) is 0. The van der Waals surface area contributed by atoms with Crippen molar-refractivity contribution in [3.8, 4) is 0 Å². The fourth-order valence-electron chi connectivity index (χ4n) is 2.70. The number of nitrogens with two attached hydrogens (primary N) is 1. The van der Waals surface area contributed by atoms with Crippen LogP contribution >= 0.6 is 0 Å². The van der Waals surface area contributed by atoms with E-state index in [1.165, 1.54) is 6.42 Å². The van der Waals surface area contributed by atoms with E-state index in [4.69, 9.17) is 5.73 Å². The summed E-state index contributed by atoms with van der Waals surface area (Å²) in [6.45, 7) is 4.63. The van der Waals surface area contributed by atoms with Gasteiger partial charge in [0.15, 0.2) is 5.03 Å². The molecule has 1 aromatic rings. The van der Waals surface area contributed by atoms with Crippen molar-refractivity contribution in [1.82, 2.24) is 14.9 Å². The van der Waals surface area contributed by atoms with E-state index < -0.39 is 10.0 Å². The van der Waals surface area contributed by atoms with Crippen molar-refractivity contribution < 1.29 is 8.42 Å². The van der Waals surface area contributed by atoms with Gasteiger partial charge in [0.1, 0.15) is 0 Å². The van der Waals surface area contributed by atoms with E-state index in [9.17, 15) is 8.42 Å². The van der Waals surface area contributed by atoms with Crippen LogP contribution in [0.15, 0.2) is 5.03 Å². The Morgan fingerprint density at radius 3 is 2.79 bits per heavy atom. The first kappa shape index (κ1) is 14.5. The molecule has 7 heteroatoms. The quantitative estimate of drug-likeness (QED) is 0.748. The molecule has 1 aliphatic carbocycles. The third-order valence-electron chi connectivity index (χ3n) is 3.86. The SMILES string of the molecule is Cc1[nH]nc(S(=O)(=O)NCC2CCC(C)C2)c1CN. The molecule has 1 aliphatic rings. The molecule has 1 aromatic heterocycles. The lowest BCUT2D eigenvalue weighted by atomic mass is 10.1. The zero-order valence-corrected chi connectivity index (χ0v) is 12.3. The average molecular weight is 286 g/mol. The fraction of sp³-hybridized carbons (Fsp3) is 0.750. The number of sulfonamides is 1. The maximum atomic E-state index is 12.2. The average Bonchev–Trinajstić information content (AvgIpc) is 2.93. The minimum Gasteiger partial charge on any atom is -0.326 e. The van der Waals surface area contributed by atoms with Gasteiger partial charge in [0, 0.05) is 24.3 Å². The molecule has 0 amide bonds. The predicted octanol–water partition coefficient (Wildman–Crippen LogP) is 0.891. The second-order valence-electron chi connectivity index (χ2n) is 5.47. The zero-order valence-electron chi connectivity index (χ0n) is 11.4. The minimum absolute atomic E-state index is 0.0403. The normalized spacial score (nSPS) is 23.9. The second-order valence-corrected chi connectivity index (χ2v) is 7.15. The third-order valence-corrected chi connectivity index (χ3v) is 5.25. The molecular formula is C12H22N4O2S. The molecule has 0 bridgehead atoms. The van der Waals surface area contributed by atoms with E-state index in [0.717, 1.165) is 12.8 Å². The van der Waals surface area contributed by atoms with Crippen molar-refractivity contribution in [2.45, 2.75) is 44.7 Å². The molecule has 0 spiro atoms. The van der Waals surface area contributed by atoms with Crippen LogP contribution < -0.4 is 10.5 Å². The first-order chi connectivity index (χ1) is 8.94. The van der Waals surface area contributed by atoms with Crippen LogP contribution in [0.2, 0.25) is 0 Å². The molecule has 1 heterocycles. The summed E-state index contributed by atoms with van der Waals surface area (Å²) in [5, 5.41) is 6.58. The van der Waals surface area contributed by atoms with Crippen LogP contribution in [-0.2, 0) is 16.6 Å². The van der Waals surface area contributed by atoms with Crippen molar-refractivity contribution in [3.63, 3.8) is 0 Å². The van der Waals surface area contributed by atoms with Crippen molar-refractivity contribution in [2.24, 2.45) is 17.6 Å². The van der Waals surface area contributed by atoms with Gasteiger partial charge < -0.3 is 5.73 Å². The number of rotatable bonds is 5. The lowest BCUT2D eigenvalue weighted by molar-refractivity contribution is 0.497. The Bertz CT molecular complexity index is 538. The molecule has 0 aliphatic heterocycles. The molecule has 4 N–H and O–H groups in total. The summed E-state index contributed by atoms with van der Waals surface area (Å²) in [6.07, 6.45) is 3.36. The second kappa shape index (κ2) is 5.60. The Morgan fingerprint density at radius 1 is 1.47 bits per heavy atom. The Morgan fingerprint density at radius 2 is 2.21 bits per heavy atom. The summed E-state index contributed by atoms with van der Waals surface area (Å²) in [5.74, 6) is 1.13. The number of H-pyrrole nitrogens is 1. The molecule has 0 radical (unpaired) electrons. The first-order valence-electron chi connectivity index (χ1n) is 6.67. The molecule has 2 rings (SSSR count). The van der Waals surface area contributed by atoms with Gasteiger partial charge in [0.25, 0.3) is 10.0 Å². The number of hydrogen-bond donors (Lipinski definition) is 3. The Balaban J connectivity index is 2.06. The van der Waals surface area contributed by atoms with Crippen molar-refractivity contribution in [1.29, 1.82) is 0 Å². The van der Waals surface area contributed by atoms with Gasteiger partial charge in [-0.15, -0.1) is 0 Å². The van der Waals surface area contributed by atoms with E-state index >= 15 is 0 Å². The number of nitrogens with zero attached hydrogens (tertiary/aromatic N) is 1. The molecule has 108 valence electrons. The highest BCUT2D eigenvalue weighted by atomic mass is 32.2. The molecular weight excluding hydrogens is 264 g/mol. The van der Waals surface area contributed by atoms with Crippen LogP contribution in [0.3, 0.4) is 0 Å². The zero-order chi connectivity index (χ0) is 14.0. The molecule has 2 atom stereocenters. The molecule has 19 heavy (non-hydrogen) atoms. The van der Waals surface area contributed by atoms with E-state index in [2.05, 4.69) is 21.8 Å². The summed E-state index contributed by atoms with van der Waals surface area (Å²) in [7, 11) is -3.56. The van der Waals surface area contributed by atoms with E-state index in [1.807, 2.05) is 0 Å². The van der Waals surface area contributed by atoms with Gasteiger partial charge in [0.2, 0.25) is 0 Å². The summed E-state index contributed by atoms with van der Waals surface area (Å²) in [6, 6.07) is 0. The van der Waals surface area contributed by atoms with Gasteiger partial charge in [-0.1, -0.05) is 13.3 Å². The number of aromatic nitrogens is 2. The number of hydrogen-bond acceptors (Lipinski definition) is 4. The monoisotopic (exact) mass is 286 g/mol. The van der Waals surface area contributed by atoms with Crippen LogP contribution in [0.5, 0.6) is 0 Å². The maximum absolute atomic E-state index is 12.2. The smallest absolute Gasteiger partial charge is 0.260 e. The molecule has 1 saturated carbocycles. The highest BCUT2D eigenvalue weighted by Gasteiger charge is 2.26. The Kier molecular flexibility index (Phi) is 4.27. The van der Waals surface area contributed by atoms with E-state index in [-0.39, 0.29) is 11.6 Å². The number of aryl methyl sites for hydroxylation is 1. The van der Waals surface area contributed by atoms with Gasteiger partial charge in [-0.25, -0.2) is 13.1 Å². The largest absolute Gasteiger partial charge is 0.326 e. The lowest BCUT2D eigenvalue weighted by Gasteiger charge is -2.11. The maximum Gasteiger partial charge on any atom is 0.260 e. The Hall–Kier alpha value is -0.920. The van der Waals surface area contributed by atoms with Crippen LogP contribution in [0, 0.1) is 18.8 Å². The third kappa shape index (κ3) is 3.16. The van der Waals surface area contributed by atoms with E-state index in [0.29, 0.717) is 29.6 Å². The summed E-state index contributed by atoms with van der Waals surface area (Å²) < 4.78 is 27.1. The Labute approximate surface area is 114 Å². The molecule has 6 nitrogen and oxygen atoms in total. The van der Waals surface area contributed by atoms with E-state index in [1.54, 1.807) is 6.92 Å². The summed E-state index contributed by atoms with van der Waals surface area (Å²) in [5.41, 5.74) is 6.85. The molecule has 0 aromatic carbocycles. The fourth-order valence-corrected chi connectivity index (χ4v) is 4.02. The van der Waals surface area contributed by atoms with Crippen LogP contribution in [-0.4, -0.2) is 25.2 Å². The molecule has 0 saturated heterocycles. The molecule has 1 fully saturated rings. The lowest BCUT2D eigenvalue weighted by Crippen LogP contribution is -2.29. The van der Waals surface area contributed by atoms with Crippen molar-refractivity contribution in [2.75, 3.05) is 6.54 Å². The highest BCUT2D eigenvalue weighted by molar-refractivity contribution is 7.89.